The van der Waals surface area contributed by atoms with Gasteiger partial charge in [0.25, 0.3) is 0 Å². The third-order valence-corrected chi connectivity index (χ3v) is 11.3. The molecule has 2 heterocycles. The molecule has 6 heteroatoms. The zero-order chi connectivity index (χ0) is 25.2. The minimum absolute atomic E-state index is 0.00443. The lowest BCUT2D eigenvalue weighted by atomic mass is 9.88. The van der Waals surface area contributed by atoms with Gasteiger partial charge < -0.3 is 14.8 Å². The van der Waals surface area contributed by atoms with Crippen LogP contribution in [0.1, 0.15) is 111 Å². The molecule has 2 aliphatic rings. The van der Waals surface area contributed by atoms with Crippen molar-refractivity contribution in [3.05, 3.63) is 12.2 Å². The van der Waals surface area contributed by atoms with E-state index >= 15 is 0 Å². The van der Waals surface area contributed by atoms with Crippen molar-refractivity contribution in [3.63, 3.8) is 0 Å². The van der Waals surface area contributed by atoms with Gasteiger partial charge in [0.05, 0.1) is 5.25 Å². The van der Waals surface area contributed by atoms with Crippen LogP contribution in [0.15, 0.2) is 12.2 Å². The number of hydrogen-bond acceptors (Lipinski definition) is 5. The van der Waals surface area contributed by atoms with Crippen LogP contribution in [-0.4, -0.2) is 54.8 Å². The number of carbonyl (C=O) groups is 1. The molecular weight excluding hydrogens is 464 g/mol. The van der Waals surface area contributed by atoms with Crippen LogP contribution in [0.3, 0.4) is 0 Å². The summed E-state index contributed by atoms with van der Waals surface area (Å²) in [7, 11) is 0. The highest BCUT2D eigenvalue weighted by Crippen LogP contribution is 2.36. The van der Waals surface area contributed by atoms with Gasteiger partial charge in [-0.05, 0) is 85.9 Å². The maximum absolute atomic E-state index is 13.2. The molecule has 5 atom stereocenters. The van der Waals surface area contributed by atoms with Crippen LogP contribution in [-0.2, 0) is 16.0 Å². The van der Waals surface area contributed by atoms with Crippen molar-refractivity contribution in [3.8, 4) is 0 Å². The lowest BCUT2D eigenvalue weighted by Gasteiger charge is -2.32. The second kappa shape index (κ2) is 14.7. The molecule has 0 aromatic heterocycles. The number of rotatable bonds is 14. The maximum atomic E-state index is 13.2. The Labute approximate surface area is 216 Å². The first-order chi connectivity index (χ1) is 16.1. The lowest BCUT2D eigenvalue weighted by molar-refractivity contribution is -0.118. The quantitative estimate of drug-likeness (QED) is 0.164. The molecule has 34 heavy (non-hydrogen) atoms. The zero-order valence-electron chi connectivity index (χ0n) is 22.1. The van der Waals surface area contributed by atoms with Crippen LogP contribution >= 0.6 is 11.8 Å². The molecule has 0 aliphatic carbocycles. The van der Waals surface area contributed by atoms with E-state index in [9.17, 15) is 19.6 Å². The summed E-state index contributed by atoms with van der Waals surface area (Å²) in [6, 6.07) is 0. The Balaban J connectivity index is 1.77. The number of thioether (sulfide) groups is 1. The molecule has 0 aromatic rings. The highest BCUT2D eigenvalue weighted by atomic mass is 32.2. The van der Waals surface area contributed by atoms with Gasteiger partial charge in [-0.2, -0.15) is 0 Å². The summed E-state index contributed by atoms with van der Waals surface area (Å²) < 4.78 is 13.2. The Hall–Kier alpha value is -0.0100. The molecule has 0 aromatic carbocycles. The van der Waals surface area contributed by atoms with Gasteiger partial charge in [0.2, 0.25) is 0 Å². The van der Waals surface area contributed by atoms with Gasteiger partial charge in [0.1, 0.15) is 16.3 Å². The summed E-state index contributed by atoms with van der Waals surface area (Å²) in [6.45, 7) is 8.87. The van der Waals surface area contributed by atoms with Crippen molar-refractivity contribution >= 4 is 28.7 Å². The Morgan fingerprint density at radius 1 is 0.941 bits per heavy atom. The highest BCUT2D eigenvalue weighted by molar-refractivity contribution is 8.01. The molecule has 2 fully saturated rings. The van der Waals surface area contributed by atoms with Crippen molar-refractivity contribution in [2.24, 2.45) is 10.8 Å². The van der Waals surface area contributed by atoms with Crippen molar-refractivity contribution in [2.75, 3.05) is 13.2 Å². The van der Waals surface area contributed by atoms with Crippen molar-refractivity contribution in [2.45, 2.75) is 132 Å². The molecule has 5 unspecified atom stereocenters. The summed E-state index contributed by atoms with van der Waals surface area (Å²) >= 11 is 0.951. The van der Waals surface area contributed by atoms with E-state index in [1.165, 1.54) is 0 Å². The SMILES string of the molecule is CC(C)(CO)CCCCC1CCC(=O)C(C=CC2CCCC(CCCCC(C)(C)CO)[S+]2[O-])S1. The molecule has 198 valence electrons. The molecule has 0 radical (unpaired) electrons. The second-order valence-corrected chi connectivity index (χ2v) is 15.5. The van der Waals surface area contributed by atoms with Crippen LogP contribution in [0.2, 0.25) is 0 Å². The first kappa shape index (κ1) is 30.2. The number of hydrogen-bond donors (Lipinski definition) is 2. The van der Waals surface area contributed by atoms with Gasteiger partial charge in [-0.25, -0.2) is 0 Å². The number of aliphatic hydroxyl groups is 2. The van der Waals surface area contributed by atoms with Gasteiger partial charge in [-0.3, -0.25) is 4.79 Å². The van der Waals surface area contributed by atoms with E-state index in [-0.39, 0.29) is 39.8 Å². The fraction of sp³-hybridized carbons (Fsp3) is 0.893. The molecule has 0 saturated carbocycles. The molecule has 0 spiro atoms. The fourth-order valence-electron chi connectivity index (χ4n) is 4.96. The van der Waals surface area contributed by atoms with E-state index in [0.717, 1.165) is 77.0 Å². The van der Waals surface area contributed by atoms with Crippen LogP contribution in [0.25, 0.3) is 0 Å². The molecular formula is C28H50O4S2. The Morgan fingerprint density at radius 2 is 1.56 bits per heavy atom. The van der Waals surface area contributed by atoms with E-state index in [4.69, 9.17) is 0 Å². The van der Waals surface area contributed by atoms with Gasteiger partial charge in [0, 0.05) is 24.9 Å². The zero-order valence-corrected chi connectivity index (χ0v) is 23.7. The van der Waals surface area contributed by atoms with Gasteiger partial charge in [-0.15, -0.1) is 11.8 Å². The van der Waals surface area contributed by atoms with Crippen molar-refractivity contribution < 1.29 is 19.6 Å². The Kier molecular flexibility index (Phi) is 13.0. The summed E-state index contributed by atoms with van der Waals surface area (Å²) in [4.78, 5) is 12.5. The third-order valence-electron chi connectivity index (χ3n) is 7.63. The smallest absolute Gasteiger partial charge is 0.149 e. The largest absolute Gasteiger partial charge is 0.616 e. The average molecular weight is 515 g/mol. The van der Waals surface area contributed by atoms with Crippen LogP contribution < -0.4 is 0 Å². The number of Topliss-reactive ketones (excluding diaryl/α,β-unsaturated/α-hetero) is 1. The van der Waals surface area contributed by atoms with Gasteiger partial charge >= 0.3 is 0 Å². The normalized spacial score (nSPS) is 29.1. The number of carbonyl (C=O) groups excluding carboxylic acids is 1. The molecule has 0 bridgehead atoms. The van der Waals surface area contributed by atoms with E-state index in [2.05, 4.69) is 39.8 Å². The first-order valence-corrected chi connectivity index (χ1v) is 15.8. The number of aliphatic hydroxyl groups excluding tert-OH is 2. The minimum Gasteiger partial charge on any atom is -0.616 e. The maximum Gasteiger partial charge on any atom is 0.149 e. The minimum atomic E-state index is -0.859. The predicted octanol–water partition coefficient (Wildman–Crippen LogP) is 6.20. The molecule has 2 saturated heterocycles. The second-order valence-electron chi connectivity index (χ2n) is 12.1. The summed E-state index contributed by atoms with van der Waals surface area (Å²) in [5.41, 5.74) is -0.0144. The third kappa shape index (κ3) is 10.5. The Bertz CT molecular complexity index is 634. The topological polar surface area (TPSA) is 80.6 Å². The fourth-order valence-corrected chi connectivity index (χ4v) is 8.32. The summed E-state index contributed by atoms with van der Waals surface area (Å²) in [5.74, 6) is 0.323. The highest BCUT2D eigenvalue weighted by Gasteiger charge is 2.34. The van der Waals surface area contributed by atoms with Crippen molar-refractivity contribution in [1.82, 2.24) is 0 Å². The standard InChI is InChI=1S/C28H50O4S2/c1-27(2,20-29)18-7-5-10-22-14-16-25(31)26(33-22)17-15-24-13-9-12-23(34(24)32)11-6-8-19-28(3,4)21-30/h15,17,22-24,26,29-30H,5-14,16,18-21H2,1-4H3. The first-order valence-electron chi connectivity index (χ1n) is 13.5. The number of unbranched alkanes of at least 4 members (excludes halogenated alkanes) is 2. The monoisotopic (exact) mass is 514 g/mol. The summed E-state index contributed by atoms with van der Waals surface area (Å²) in [6.07, 6.45) is 17.6. The van der Waals surface area contributed by atoms with Gasteiger partial charge in [-0.1, -0.05) is 53.0 Å². The van der Waals surface area contributed by atoms with E-state index < -0.39 is 11.2 Å². The lowest BCUT2D eigenvalue weighted by Crippen LogP contribution is -2.35. The molecule has 4 nitrogen and oxygen atoms in total. The molecule has 0 amide bonds. The van der Waals surface area contributed by atoms with Gasteiger partial charge in [0.15, 0.2) is 0 Å². The van der Waals surface area contributed by atoms with E-state index in [1.54, 1.807) is 0 Å². The van der Waals surface area contributed by atoms with E-state index in [1.807, 2.05) is 11.8 Å². The molecule has 2 aliphatic heterocycles. The average Bonchev–Trinajstić information content (AvgIpc) is 2.81. The number of ketones is 1. The molecule has 2 N–H and O–H groups in total. The summed E-state index contributed by atoms with van der Waals surface area (Å²) in [5, 5.41) is 19.6. The van der Waals surface area contributed by atoms with E-state index in [0.29, 0.717) is 17.5 Å². The Morgan fingerprint density at radius 3 is 2.18 bits per heavy atom. The van der Waals surface area contributed by atoms with Crippen LogP contribution in [0.5, 0.6) is 0 Å². The van der Waals surface area contributed by atoms with Crippen molar-refractivity contribution in [1.29, 1.82) is 0 Å². The van der Waals surface area contributed by atoms with Crippen LogP contribution in [0, 0.1) is 10.8 Å². The predicted molar refractivity (Wildman–Crippen MR) is 147 cm³/mol. The van der Waals surface area contributed by atoms with Crippen LogP contribution in [0.4, 0.5) is 0 Å². The molecule has 2 rings (SSSR count).